The lowest BCUT2D eigenvalue weighted by molar-refractivity contribution is -0.196. The van der Waals surface area contributed by atoms with Crippen LogP contribution >= 0.6 is 19.4 Å². The molecule has 0 spiro atoms. The number of rotatable bonds is 23. The zero-order chi connectivity index (χ0) is 22.3. The average molecular weight is 473 g/mol. The molecule has 30 heavy (non-hydrogen) atoms. The zero-order valence-corrected chi connectivity index (χ0v) is 20.1. The van der Waals surface area contributed by atoms with E-state index >= 15 is 0 Å². The van der Waals surface area contributed by atoms with Crippen LogP contribution in [0.25, 0.3) is 0 Å². The van der Waals surface area contributed by atoms with E-state index in [-0.39, 0.29) is 12.5 Å². The predicted molar refractivity (Wildman–Crippen MR) is 117 cm³/mol. The normalized spacial score (nSPS) is 13.3. The number of thioether (sulfide) groups is 1. The van der Waals surface area contributed by atoms with Gasteiger partial charge in [0.1, 0.15) is 7.60 Å². The molecule has 0 aromatic carbocycles. The number of hydrogen-bond acceptors (Lipinski definition) is 9. The average Bonchev–Trinajstić information content (AvgIpc) is 2.69. The van der Waals surface area contributed by atoms with E-state index in [0.29, 0.717) is 65.6 Å². The molecule has 0 fully saturated rings. The van der Waals surface area contributed by atoms with Gasteiger partial charge in [-0.15, -0.1) is 0 Å². The fourth-order valence-electron chi connectivity index (χ4n) is 2.20. The quantitative estimate of drug-likeness (QED) is 0.175. The Labute approximate surface area is 185 Å². The van der Waals surface area contributed by atoms with Crippen LogP contribution in [0.4, 0.5) is 0 Å². The lowest BCUT2D eigenvalue weighted by Gasteiger charge is -2.17. The summed E-state index contributed by atoms with van der Waals surface area (Å²) >= 11 is 1.76. The van der Waals surface area contributed by atoms with E-state index in [1.165, 1.54) is 0 Å². The van der Waals surface area contributed by atoms with Gasteiger partial charge in [0, 0.05) is 25.4 Å². The Bertz CT molecular complexity index is 439. The van der Waals surface area contributed by atoms with Gasteiger partial charge in [-0.2, -0.15) is 11.8 Å². The number of unbranched alkanes of at least 4 members (excludes halogenated alkanes) is 3. The third kappa shape index (κ3) is 25.8. The first-order valence-corrected chi connectivity index (χ1v) is 13.8. The van der Waals surface area contributed by atoms with E-state index in [2.05, 4.69) is 9.84 Å². The van der Waals surface area contributed by atoms with Gasteiger partial charge in [-0.05, 0) is 19.1 Å². The number of carbonyl (C=O) groups excluding carboxylic acids is 1. The summed E-state index contributed by atoms with van der Waals surface area (Å²) in [6.07, 6.45) is 5.71. The number of nitrogens with one attached hydrogen (secondary N) is 1. The van der Waals surface area contributed by atoms with E-state index in [4.69, 9.17) is 18.9 Å². The lowest BCUT2D eigenvalue weighted by Crippen LogP contribution is -2.25. The first-order valence-electron chi connectivity index (χ1n) is 10.5. The van der Waals surface area contributed by atoms with Crippen LogP contribution in [0.5, 0.6) is 0 Å². The summed E-state index contributed by atoms with van der Waals surface area (Å²) < 4.78 is 37.0. The van der Waals surface area contributed by atoms with Crippen LogP contribution in [-0.2, 0) is 32.8 Å². The van der Waals surface area contributed by atoms with Crippen LogP contribution in [-0.4, -0.2) is 90.6 Å². The van der Waals surface area contributed by atoms with Crippen LogP contribution in [0.15, 0.2) is 0 Å². The molecule has 1 amide bonds. The molecule has 1 unspecified atom stereocenters. The summed E-state index contributed by atoms with van der Waals surface area (Å²) in [5.74, 6) is 0.961. The van der Waals surface area contributed by atoms with Gasteiger partial charge < -0.3 is 38.2 Å². The molecule has 0 aliphatic heterocycles. The second-order valence-corrected chi connectivity index (χ2v) is 9.35. The van der Waals surface area contributed by atoms with E-state index in [0.717, 1.165) is 38.3 Å². The van der Waals surface area contributed by atoms with Gasteiger partial charge in [0.2, 0.25) is 5.91 Å². The Morgan fingerprint density at radius 2 is 1.37 bits per heavy atom. The molecular formula is C19H39NO8PS-. The largest absolute Gasteiger partial charge is 0.779 e. The van der Waals surface area contributed by atoms with E-state index in [1.54, 1.807) is 11.8 Å². The van der Waals surface area contributed by atoms with Gasteiger partial charge in [-0.1, -0.05) is 12.8 Å². The first-order chi connectivity index (χ1) is 14.5. The zero-order valence-electron chi connectivity index (χ0n) is 18.4. The second-order valence-electron chi connectivity index (χ2n) is 6.56. The van der Waals surface area contributed by atoms with Crippen molar-refractivity contribution in [3.05, 3.63) is 0 Å². The van der Waals surface area contributed by atoms with Gasteiger partial charge in [-0.3, -0.25) is 4.79 Å². The fourth-order valence-corrected chi connectivity index (χ4v) is 2.94. The molecule has 11 heteroatoms. The summed E-state index contributed by atoms with van der Waals surface area (Å²) in [5, 5.41) is 2.84. The molecule has 0 aliphatic carbocycles. The fraction of sp³-hybridized carbons (Fsp3) is 0.947. The Hall–Kier alpha value is -0.190. The highest BCUT2D eigenvalue weighted by Crippen LogP contribution is 2.30. The maximum Gasteiger partial charge on any atom is 0.222 e. The Morgan fingerprint density at radius 1 is 0.833 bits per heavy atom. The minimum Gasteiger partial charge on any atom is -0.779 e. The molecule has 0 heterocycles. The van der Waals surface area contributed by atoms with Crippen LogP contribution in [0.3, 0.4) is 0 Å². The smallest absolute Gasteiger partial charge is 0.222 e. The van der Waals surface area contributed by atoms with E-state index in [9.17, 15) is 14.3 Å². The topological polar surface area (TPSA) is 115 Å². The van der Waals surface area contributed by atoms with Gasteiger partial charge in [-0.25, -0.2) is 0 Å². The monoisotopic (exact) mass is 472 g/mol. The molecule has 0 saturated heterocycles. The van der Waals surface area contributed by atoms with Crippen molar-refractivity contribution in [2.45, 2.75) is 32.1 Å². The predicted octanol–water partition coefficient (Wildman–Crippen LogP) is 1.68. The third-order valence-corrected chi connectivity index (χ3v) is 4.97. The molecule has 0 radical (unpaired) electrons. The summed E-state index contributed by atoms with van der Waals surface area (Å²) in [6, 6.07) is 0. The molecular weight excluding hydrogens is 433 g/mol. The van der Waals surface area contributed by atoms with Gasteiger partial charge in [0.05, 0.1) is 59.5 Å². The number of carbonyl (C=O) groups is 1. The molecule has 1 atom stereocenters. The van der Waals surface area contributed by atoms with E-state index in [1.807, 2.05) is 6.26 Å². The van der Waals surface area contributed by atoms with Crippen molar-refractivity contribution in [1.29, 1.82) is 0 Å². The molecule has 1 N–H and O–H groups in total. The SMILES string of the molecule is CSCCOCCOCCOCCOCCC(=O)NCCCCCCOP(C)(=O)[O-]. The van der Waals surface area contributed by atoms with E-state index < -0.39 is 7.60 Å². The van der Waals surface area contributed by atoms with Crippen LogP contribution in [0, 0.1) is 0 Å². The number of ether oxygens (including phenoxy) is 4. The van der Waals surface area contributed by atoms with Crippen molar-refractivity contribution in [3.8, 4) is 0 Å². The van der Waals surface area contributed by atoms with Crippen molar-refractivity contribution in [2.24, 2.45) is 0 Å². The summed E-state index contributed by atoms with van der Waals surface area (Å²) in [5.41, 5.74) is 0. The number of hydrogen-bond donors (Lipinski definition) is 1. The van der Waals surface area contributed by atoms with Crippen molar-refractivity contribution < 1.29 is 37.7 Å². The molecule has 0 aliphatic rings. The first kappa shape index (κ1) is 29.8. The molecule has 0 rings (SSSR count). The number of amides is 1. The molecule has 180 valence electrons. The maximum atomic E-state index is 11.7. The van der Waals surface area contributed by atoms with Crippen LogP contribution in [0.1, 0.15) is 32.1 Å². The van der Waals surface area contributed by atoms with Gasteiger partial charge in [0.15, 0.2) is 0 Å². The second kappa shape index (κ2) is 22.0. The maximum absolute atomic E-state index is 11.7. The summed E-state index contributed by atoms with van der Waals surface area (Å²) in [7, 11) is -3.61. The standard InChI is InChI=1S/C19H40NO8PS/c1-29(22,23)28-9-6-4-3-5-8-20-19(21)7-10-24-11-12-25-13-14-26-15-16-27-17-18-30-2/h3-18H2,1-2H3,(H,20,21)(H,22,23)/p-1. The highest BCUT2D eigenvalue weighted by Gasteiger charge is 2.01. The van der Waals surface area contributed by atoms with Gasteiger partial charge in [0.25, 0.3) is 0 Å². The van der Waals surface area contributed by atoms with Crippen molar-refractivity contribution in [3.63, 3.8) is 0 Å². The third-order valence-electron chi connectivity index (χ3n) is 3.74. The Morgan fingerprint density at radius 3 is 1.93 bits per heavy atom. The van der Waals surface area contributed by atoms with Crippen molar-refractivity contribution >= 4 is 25.3 Å². The minimum atomic E-state index is -3.61. The summed E-state index contributed by atoms with van der Waals surface area (Å²) in [6.45, 7) is 6.15. The lowest BCUT2D eigenvalue weighted by atomic mass is 10.2. The Kier molecular flexibility index (Phi) is 21.9. The summed E-state index contributed by atoms with van der Waals surface area (Å²) in [4.78, 5) is 22.5. The molecule has 0 aromatic heterocycles. The van der Waals surface area contributed by atoms with Crippen molar-refractivity contribution in [2.75, 3.05) is 84.7 Å². The van der Waals surface area contributed by atoms with Gasteiger partial charge >= 0.3 is 0 Å². The molecule has 0 bridgehead atoms. The van der Waals surface area contributed by atoms with Crippen molar-refractivity contribution in [1.82, 2.24) is 5.32 Å². The molecule has 0 saturated carbocycles. The van der Waals surface area contributed by atoms with Crippen LogP contribution < -0.4 is 10.2 Å². The highest BCUT2D eigenvalue weighted by molar-refractivity contribution is 7.98. The highest BCUT2D eigenvalue weighted by atomic mass is 32.2. The van der Waals surface area contributed by atoms with Crippen LogP contribution in [0.2, 0.25) is 0 Å². The Balaban J connectivity index is 3.19. The molecule has 9 nitrogen and oxygen atoms in total. The minimum absolute atomic E-state index is 0.0364. The molecule has 0 aromatic rings.